The highest BCUT2D eigenvalue weighted by molar-refractivity contribution is 7.89. The fraction of sp³-hybridized carbons (Fsp3) is 0.350. The van der Waals surface area contributed by atoms with E-state index >= 15 is 0 Å². The van der Waals surface area contributed by atoms with Gasteiger partial charge in [0.2, 0.25) is 10.0 Å². The highest BCUT2D eigenvalue weighted by Crippen LogP contribution is 2.19. The van der Waals surface area contributed by atoms with Gasteiger partial charge in [-0.2, -0.15) is 4.31 Å². The molecule has 7 heteroatoms. The molecule has 0 saturated carbocycles. The average Bonchev–Trinajstić information content (AvgIpc) is 2.64. The van der Waals surface area contributed by atoms with E-state index in [1.165, 1.54) is 28.6 Å². The Labute approximate surface area is 160 Å². The second-order valence-electron chi connectivity index (χ2n) is 6.20. The zero-order valence-corrected chi connectivity index (χ0v) is 16.6. The third-order valence-electron chi connectivity index (χ3n) is 4.41. The second-order valence-corrected chi connectivity index (χ2v) is 8.14. The Kier molecular flexibility index (Phi) is 7.10. The summed E-state index contributed by atoms with van der Waals surface area (Å²) in [6.07, 6.45) is 0.558. The van der Waals surface area contributed by atoms with Gasteiger partial charge in [-0.15, -0.1) is 0 Å². The van der Waals surface area contributed by atoms with Gasteiger partial charge in [0.25, 0.3) is 5.91 Å². The van der Waals surface area contributed by atoms with Gasteiger partial charge in [-0.05, 0) is 48.7 Å². The van der Waals surface area contributed by atoms with Crippen molar-refractivity contribution in [1.29, 1.82) is 0 Å². The van der Waals surface area contributed by atoms with E-state index in [-0.39, 0.29) is 16.6 Å². The van der Waals surface area contributed by atoms with Crippen molar-refractivity contribution in [3.05, 3.63) is 65.0 Å². The lowest BCUT2D eigenvalue weighted by atomic mass is 10.1. The molecule has 2 aromatic carbocycles. The van der Waals surface area contributed by atoms with Crippen LogP contribution in [0.1, 0.15) is 35.3 Å². The lowest BCUT2D eigenvalue weighted by molar-refractivity contribution is 0.0953. The maximum Gasteiger partial charge on any atom is 0.251 e. The highest BCUT2D eigenvalue weighted by Gasteiger charge is 2.23. The lowest BCUT2D eigenvalue weighted by Gasteiger charge is -2.19. The number of sulfonamides is 1. The molecule has 2 rings (SSSR count). The molecule has 1 N–H and O–H groups in total. The molecule has 0 aromatic heterocycles. The Morgan fingerprint density at radius 1 is 1.07 bits per heavy atom. The topological polar surface area (TPSA) is 66.5 Å². The van der Waals surface area contributed by atoms with E-state index in [2.05, 4.69) is 5.32 Å². The van der Waals surface area contributed by atoms with Crippen LogP contribution < -0.4 is 5.32 Å². The summed E-state index contributed by atoms with van der Waals surface area (Å²) in [7, 11) is -3.62. The van der Waals surface area contributed by atoms with E-state index in [0.29, 0.717) is 37.2 Å². The van der Waals surface area contributed by atoms with Crippen molar-refractivity contribution < 1.29 is 17.6 Å². The molecule has 0 atom stereocenters. The third-order valence-corrected chi connectivity index (χ3v) is 6.46. The second kappa shape index (κ2) is 9.10. The molecule has 1 amide bonds. The molecule has 146 valence electrons. The number of nitrogens with one attached hydrogen (secondary N) is 1. The van der Waals surface area contributed by atoms with E-state index in [1.54, 1.807) is 39.0 Å². The zero-order chi connectivity index (χ0) is 20.0. The standard InChI is InChI=1S/C20H25FN2O3S/c1-4-23(5-2)27(25,26)18-11-6-15(3)19(14-18)20(24)22-13-12-16-7-9-17(21)10-8-16/h6-11,14H,4-5,12-13H2,1-3H3,(H,22,24). The number of aryl methyl sites for hydroxylation is 1. The molecule has 0 aliphatic rings. The zero-order valence-electron chi connectivity index (χ0n) is 15.8. The molecular weight excluding hydrogens is 367 g/mol. The molecule has 2 aromatic rings. The molecule has 0 unspecified atom stereocenters. The summed E-state index contributed by atoms with van der Waals surface area (Å²) < 4.78 is 39.6. The predicted molar refractivity (Wildman–Crippen MR) is 104 cm³/mol. The van der Waals surface area contributed by atoms with Gasteiger partial charge in [-0.25, -0.2) is 12.8 Å². The van der Waals surface area contributed by atoms with Gasteiger partial charge in [-0.3, -0.25) is 4.79 Å². The molecule has 0 aliphatic heterocycles. The largest absolute Gasteiger partial charge is 0.352 e. The van der Waals surface area contributed by atoms with Crippen LogP contribution in [0.5, 0.6) is 0 Å². The molecule has 0 fully saturated rings. The van der Waals surface area contributed by atoms with Crippen molar-refractivity contribution in [1.82, 2.24) is 9.62 Å². The minimum Gasteiger partial charge on any atom is -0.352 e. The van der Waals surface area contributed by atoms with Crippen molar-refractivity contribution >= 4 is 15.9 Å². The molecule has 0 aliphatic carbocycles. The molecule has 0 bridgehead atoms. The third kappa shape index (κ3) is 5.14. The number of rotatable bonds is 8. The summed E-state index contributed by atoms with van der Waals surface area (Å²) in [5, 5.41) is 2.80. The number of nitrogens with zero attached hydrogens (tertiary/aromatic N) is 1. The van der Waals surface area contributed by atoms with Crippen LogP contribution in [0.2, 0.25) is 0 Å². The van der Waals surface area contributed by atoms with E-state index in [4.69, 9.17) is 0 Å². The van der Waals surface area contributed by atoms with Crippen LogP contribution in [0, 0.1) is 12.7 Å². The van der Waals surface area contributed by atoms with Gasteiger partial charge >= 0.3 is 0 Å². The summed E-state index contributed by atoms with van der Waals surface area (Å²) in [6, 6.07) is 10.7. The maximum absolute atomic E-state index is 12.9. The van der Waals surface area contributed by atoms with Crippen molar-refractivity contribution in [3.63, 3.8) is 0 Å². The SMILES string of the molecule is CCN(CC)S(=O)(=O)c1ccc(C)c(C(=O)NCCc2ccc(F)cc2)c1. The lowest BCUT2D eigenvalue weighted by Crippen LogP contribution is -2.31. The average molecular weight is 392 g/mol. The van der Waals surface area contributed by atoms with Gasteiger partial charge in [0.15, 0.2) is 0 Å². The first-order valence-electron chi connectivity index (χ1n) is 8.93. The Morgan fingerprint density at radius 2 is 1.70 bits per heavy atom. The Bertz CT molecular complexity index is 892. The van der Waals surface area contributed by atoms with Crippen LogP contribution in [0.25, 0.3) is 0 Å². The molecular formula is C20H25FN2O3S. The highest BCUT2D eigenvalue weighted by atomic mass is 32.2. The van der Waals surface area contributed by atoms with Crippen molar-refractivity contribution in [3.8, 4) is 0 Å². The van der Waals surface area contributed by atoms with Crippen molar-refractivity contribution in [2.75, 3.05) is 19.6 Å². The summed E-state index contributed by atoms with van der Waals surface area (Å²) in [5.41, 5.74) is 1.95. The summed E-state index contributed by atoms with van der Waals surface area (Å²) >= 11 is 0. The van der Waals surface area contributed by atoms with Gasteiger partial charge in [0.1, 0.15) is 5.82 Å². The smallest absolute Gasteiger partial charge is 0.251 e. The van der Waals surface area contributed by atoms with Crippen LogP contribution in [0.3, 0.4) is 0 Å². The molecule has 0 radical (unpaired) electrons. The molecule has 0 heterocycles. The number of hydrogen-bond donors (Lipinski definition) is 1. The molecule has 5 nitrogen and oxygen atoms in total. The fourth-order valence-electron chi connectivity index (χ4n) is 2.79. The molecule has 27 heavy (non-hydrogen) atoms. The fourth-order valence-corrected chi connectivity index (χ4v) is 4.27. The number of carbonyl (C=O) groups is 1. The minimum atomic E-state index is -3.62. The monoisotopic (exact) mass is 392 g/mol. The molecule has 0 saturated heterocycles. The first-order chi connectivity index (χ1) is 12.8. The van der Waals surface area contributed by atoms with Gasteiger partial charge in [0.05, 0.1) is 4.90 Å². The Hall–Kier alpha value is -2.25. The summed E-state index contributed by atoms with van der Waals surface area (Å²) in [6.45, 7) is 6.42. The number of amides is 1. The van der Waals surface area contributed by atoms with Crippen LogP contribution in [0.4, 0.5) is 4.39 Å². The first-order valence-corrected chi connectivity index (χ1v) is 10.4. The van der Waals surface area contributed by atoms with Gasteiger partial charge in [-0.1, -0.05) is 32.0 Å². The Balaban J connectivity index is 2.12. The van der Waals surface area contributed by atoms with Crippen molar-refractivity contribution in [2.45, 2.75) is 32.1 Å². The van der Waals surface area contributed by atoms with Crippen LogP contribution in [-0.2, 0) is 16.4 Å². The van der Waals surface area contributed by atoms with Gasteiger partial charge in [0, 0.05) is 25.2 Å². The quantitative estimate of drug-likeness (QED) is 0.751. The first kappa shape index (κ1) is 21.1. The van der Waals surface area contributed by atoms with Crippen LogP contribution >= 0.6 is 0 Å². The minimum absolute atomic E-state index is 0.112. The number of hydrogen-bond acceptors (Lipinski definition) is 3. The van der Waals surface area contributed by atoms with E-state index in [9.17, 15) is 17.6 Å². The number of halogens is 1. The van der Waals surface area contributed by atoms with Crippen LogP contribution in [0.15, 0.2) is 47.4 Å². The summed E-state index contributed by atoms with van der Waals surface area (Å²) in [5.74, 6) is -0.629. The summed E-state index contributed by atoms with van der Waals surface area (Å²) in [4.78, 5) is 12.6. The Morgan fingerprint density at radius 3 is 2.30 bits per heavy atom. The van der Waals surface area contributed by atoms with Crippen molar-refractivity contribution in [2.24, 2.45) is 0 Å². The normalized spacial score (nSPS) is 11.6. The number of benzene rings is 2. The molecule has 0 spiro atoms. The van der Waals surface area contributed by atoms with Gasteiger partial charge < -0.3 is 5.32 Å². The maximum atomic E-state index is 12.9. The van der Waals surface area contributed by atoms with E-state index < -0.39 is 10.0 Å². The van der Waals surface area contributed by atoms with Crippen LogP contribution in [-0.4, -0.2) is 38.3 Å². The predicted octanol–water partition coefficient (Wildman–Crippen LogP) is 3.14. The van der Waals surface area contributed by atoms with E-state index in [1.807, 2.05) is 0 Å². The van der Waals surface area contributed by atoms with E-state index in [0.717, 1.165) is 5.56 Å². The number of carbonyl (C=O) groups excluding carboxylic acids is 1.